The minimum Gasteiger partial charge on any atom is -0.459 e. The van der Waals surface area contributed by atoms with E-state index in [0.29, 0.717) is 24.9 Å². The highest BCUT2D eigenvalue weighted by atomic mass is 127. The molecule has 0 atom stereocenters. The fourth-order valence-electron chi connectivity index (χ4n) is 2.74. The van der Waals surface area contributed by atoms with Gasteiger partial charge in [0.2, 0.25) is 0 Å². The summed E-state index contributed by atoms with van der Waals surface area (Å²) < 4.78 is 5.17. The van der Waals surface area contributed by atoms with E-state index in [4.69, 9.17) is 4.42 Å². The number of hydrogen-bond acceptors (Lipinski definition) is 3. The smallest absolute Gasteiger partial charge is 0.287 e. The largest absolute Gasteiger partial charge is 0.459 e. The Labute approximate surface area is 161 Å². The van der Waals surface area contributed by atoms with Crippen LogP contribution in [0.1, 0.15) is 55.1 Å². The number of halogens is 1. The Morgan fingerprint density at radius 2 is 2.08 bits per heavy atom. The van der Waals surface area contributed by atoms with Gasteiger partial charge in [0.15, 0.2) is 11.7 Å². The predicted molar refractivity (Wildman–Crippen MR) is 107 cm³/mol. The highest BCUT2D eigenvalue weighted by molar-refractivity contribution is 14.0. The number of furan rings is 1. The second-order valence-electron chi connectivity index (χ2n) is 5.93. The van der Waals surface area contributed by atoms with E-state index in [0.717, 1.165) is 24.5 Å². The van der Waals surface area contributed by atoms with Gasteiger partial charge in [0.25, 0.3) is 5.91 Å². The average molecular weight is 448 g/mol. The summed E-state index contributed by atoms with van der Waals surface area (Å²) >= 11 is 0. The van der Waals surface area contributed by atoms with Crippen molar-refractivity contribution in [3.8, 4) is 0 Å². The van der Waals surface area contributed by atoms with Crippen LogP contribution in [-0.2, 0) is 0 Å². The van der Waals surface area contributed by atoms with E-state index < -0.39 is 0 Å². The lowest BCUT2D eigenvalue weighted by atomic mass is 10.2. The monoisotopic (exact) mass is 448 g/mol. The normalized spacial score (nSPS) is 15.0. The molecule has 0 radical (unpaired) electrons. The first-order valence-corrected chi connectivity index (χ1v) is 8.58. The number of amides is 1. The summed E-state index contributed by atoms with van der Waals surface area (Å²) in [7, 11) is 0. The van der Waals surface area contributed by atoms with Gasteiger partial charge in [-0.05, 0) is 39.2 Å². The Morgan fingerprint density at radius 3 is 2.71 bits per heavy atom. The zero-order chi connectivity index (χ0) is 16.5. The standard InChI is InChI=1S/C17H28N4O2.HI/c1-3-18-17(21-14-7-4-5-8-14)20-11-6-10-19-16(22)15-13(2)9-12-23-15;/h9,12,14H,3-8,10-11H2,1-2H3,(H,19,22)(H2,18,20,21);1H. The second-order valence-corrected chi connectivity index (χ2v) is 5.93. The van der Waals surface area contributed by atoms with Gasteiger partial charge in [-0.25, -0.2) is 0 Å². The summed E-state index contributed by atoms with van der Waals surface area (Å²) in [6.45, 7) is 6.05. The van der Waals surface area contributed by atoms with Gasteiger partial charge in [0.05, 0.1) is 6.26 Å². The Bertz CT molecular complexity index is 524. The number of aliphatic imine (C=N–C) groups is 1. The lowest BCUT2D eigenvalue weighted by Crippen LogP contribution is -2.42. The van der Waals surface area contributed by atoms with Crippen molar-refractivity contribution in [3.63, 3.8) is 0 Å². The number of rotatable bonds is 7. The number of aryl methyl sites for hydroxylation is 1. The van der Waals surface area contributed by atoms with Crippen LogP contribution < -0.4 is 16.0 Å². The molecule has 3 N–H and O–H groups in total. The maximum absolute atomic E-state index is 11.9. The van der Waals surface area contributed by atoms with Crippen molar-refractivity contribution in [2.75, 3.05) is 19.6 Å². The van der Waals surface area contributed by atoms with Crippen molar-refractivity contribution in [1.29, 1.82) is 0 Å². The summed E-state index contributed by atoms with van der Waals surface area (Å²) in [6.07, 6.45) is 7.38. The van der Waals surface area contributed by atoms with E-state index in [1.54, 1.807) is 6.07 Å². The van der Waals surface area contributed by atoms with Crippen LogP contribution in [0.15, 0.2) is 21.7 Å². The average Bonchev–Trinajstić information content (AvgIpc) is 3.18. The molecule has 1 aromatic heterocycles. The maximum Gasteiger partial charge on any atom is 0.287 e. The summed E-state index contributed by atoms with van der Waals surface area (Å²) in [4.78, 5) is 16.5. The van der Waals surface area contributed by atoms with Gasteiger partial charge in [0.1, 0.15) is 0 Å². The third-order valence-electron chi connectivity index (χ3n) is 4.00. The number of guanidine groups is 1. The highest BCUT2D eigenvalue weighted by Crippen LogP contribution is 2.17. The fourth-order valence-corrected chi connectivity index (χ4v) is 2.74. The molecule has 0 saturated heterocycles. The lowest BCUT2D eigenvalue weighted by Gasteiger charge is -2.16. The van der Waals surface area contributed by atoms with E-state index in [2.05, 4.69) is 27.9 Å². The van der Waals surface area contributed by atoms with E-state index in [-0.39, 0.29) is 29.9 Å². The fraction of sp³-hybridized carbons (Fsp3) is 0.647. The van der Waals surface area contributed by atoms with Gasteiger partial charge in [0, 0.05) is 31.2 Å². The van der Waals surface area contributed by atoms with E-state index in [9.17, 15) is 4.79 Å². The Morgan fingerprint density at radius 1 is 1.33 bits per heavy atom. The van der Waals surface area contributed by atoms with Crippen LogP contribution in [0.25, 0.3) is 0 Å². The molecule has 0 aromatic carbocycles. The third-order valence-corrected chi connectivity index (χ3v) is 4.00. The van der Waals surface area contributed by atoms with Crippen molar-refractivity contribution in [2.24, 2.45) is 4.99 Å². The molecule has 1 saturated carbocycles. The van der Waals surface area contributed by atoms with E-state index >= 15 is 0 Å². The number of nitrogens with zero attached hydrogens (tertiary/aromatic N) is 1. The minimum atomic E-state index is -0.160. The minimum absolute atomic E-state index is 0. The van der Waals surface area contributed by atoms with Crippen LogP contribution >= 0.6 is 24.0 Å². The molecular formula is C17H29IN4O2. The molecule has 1 aromatic rings. The molecule has 0 unspecified atom stereocenters. The number of carbonyl (C=O) groups is 1. The molecule has 1 aliphatic carbocycles. The molecule has 136 valence electrons. The molecule has 1 fully saturated rings. The SMILES string of the molecule is CCNC(=NCCCNC(=O)c1occc1C)NC1CCCC1.I. The Balaban J connectivity index is 0.00000288. The van der Waals surface area contributed by atoms with Crippen LogP contribution in [0.2, 0.25) is 0 Å². The molecule has 24 heavy (non-hydrogen) atoms. The molecule has 1 aliphatic rings. The predicted octanol–water partition coefficient (Wildman–Crippen LogP) is 2.82. The molecule has 7 heteroatoms. The second kappa shape index (κ2) is 11.3. The molecule has 2 rings (SSSR count). The molecule has 1 amide bonds. The van der Waals surface area contributed by atoms with Gasteiger partial charge in [-0.1, -0.05) is 12.8 Å². The van der Waals surface area contributed by atoms with Crippen molar-refractivity contribution in [3.05, 3.63) is 23.7 Å². The molecule has 0 bridgehead atoms. The zero-order valence-electron chi connectivity index (χ0n) is 14.6. The molecule has 0 spiro atoms. The first-order valence-electron chi connectivity index (χ1n) is 8.58. The maximum atomic E-state index is 11.9. The van der Waals surface area contributed by atoms with Gasteiger partial charge in [-0.3, -0.25) is 9.79 Å². The van der Waals surface area contributed by atoms with Crippen LogP contribution in [-0.4, -0.2) is 37.5 Å². The summed E-state index contributed by atoms with van der Waals surface area (Å²) in [5.74, 6) is 1.12. The van der Waals surface area contributed by atoms with Crippen LogP contribution in [0, 0.1) is 6.92 Å². The Kier molecular flexibility index (Phi) is 9.82. The zero-order valence-corrected chi connectivity index (χ0v) is 16.9. The molecule has 1 heterocycles. The Hall–Kier alpha value is -1.25. The summed E-state index contributed by atoms with van der Waals surface area (Å²) in [6, 6.07) is 2.34. The van der Waals surface area contributed by atoms with Gasteiger partial charge in [-0.15, -0.1) is 24.0 Å². The molecule has 6 nitrogen and oxygen atoms in total. The molecule has 0 aliphatic heterocycles. The first kappa shape index (κ1) is 20.8. The van der Waals surface area contributed by atoms with Crippen molar-refractivity contribution in [2.45, 2.75) is 52.0 Å². The van der Waals surface area contributed by atoms with Crippen LogP contribution in [0.4, 0.5) is 0 Å². The number of nitrogens with one attached hydrogen (secondary N) is 3. The van der Waals surface area contributed by atoms with Gasteiger partial charge < -0.3 is 20.4 Å². The van der Waals surface area contributed by atoms with Gasteiger partial charge in [-0.2, -0.15) is 0 Å². The first-order chi connectivity index (χ1) is 11.2. The summed E-state index contributed by atoms with van der Waals surface area (Å²) in [5.41, 5.74) is 0.857. The van der Waals surface area contributed by atoms with Crippen molar-refractivity contribution in [1.82, 2.24) is 16.0 Å². The van der Waals surface area contributed by atoms with E-state index in [1.807, 2.05) is 6.92 Å². The van der Waals surface area contributed by atoms with Gasteiger partial charge >= 0.3 is 0 Å². The summed E-state index contributed by atoms with van der Waals surface area (Å²) in [5, 5.41) is 9.62. The van der Waals surface area contributed by atoms with Crippen molar-refractivity contribution >= 4 is 35.8 Å². The molecular weight excluding hydrogens is 419 g/mol. The third kappa shape index (κ3) is 6.70. The quantitative estimate of drug-likeness (QED) is 0.260. The van der Waals surface area contributed by atoms with Crippen molar-refractivity contribution < 1.29 is 9.21 Å². The number of hydrogen-bond donors (Lipinski definition) is 3. The topological polar surface area (TPSA) is 78.7 Å². The number of carbonyl (C=O) groups excluding carboxylic acids is 1. The lowest BCUT2D eigenvalue weighted by molar-refractivity contribution is 0.0925. The van der Waals surface area contributed by atoms with E-state index in [1.165, 1.54) is 31.9 Å². The highest BCUT2D eigenvalue weighted by Gasteiger charge is 2.15. The van der Waals surface area contributed by atoms with Crippen LogP contribution in [0.5, 0.6) is 0 Å². The van der Waals surface area contributed by atoms with Crippen LogP contribution in [0.3, 0.4) is 0 Å².